The summed E-state index contributed by atoms with van der Waals surface area (Å²) in [4.78, 5) is 6.52. The zero-order valence-electron chi connectivity index (χ0n) is 8.76. The van der Waals surface area contributed by atoms with Gasteiger partial charge in [-0.15, -0.1) is 0 Å². The van der Waals surface area contributed by atoms with E-state index in [-0.39, 0.29) is 6.61 Å². The molecule has 0 radical (unpaired) electrons. The van der Waals surface area contributed by atoms with Crippen molar-refractivity contribution in [2.45, 2.75) is 13.0 Å². The van der Waals surface area contributed by atoms with Crippen LogP contribution < -0.4 is 10.6 Å². The normalized spacial score (nSPS) is 20.9. The third-order valence-electron chi connectivity index (χ3n) is 2.94. The van der Waals surface area contributed by atoms with Crippen molar-refractivity contribution < 1.29 is 5.11 Å². The van der Waals surface area contributed by atoms with E-state index in [4.69, 9.17) is 10.8 Å². The van der Waals surface area contributed by atoms with Gasteiger partial charge in [-0.1, -0.05) is 0 Å². The number of hydrogen-bond acceptors (Lipinski definition) is 4. The molecule has 0 bridgehead atoms. The lowest BCUT2D eigenvalue weighted by Crippen LogP contribution is -2.23. The number of aliphatic hydroxyl groups is 1. The molecule has 1 aromatic heterocycles. The highest BCUT2D eigenvalue weighted by molar-refractivity contribution is 5.51. The lowest BCUT2D eigenvalue weighted by molar-refractivity contribution is 0.238. The van der Waals surface area contributed by atoms with Crippen LogP contribution in [0, 0.1) is 5.92 Å². The number of aliphatic hydroxyl groups excluding tert-OH is 1. The van der Waals surface area contributed by atoms with Crippen molar-refractivity contribution in [3.63, 3.8) is 0 Å². The molecule has 1 atom stereocenters. The molecule has 0 spiro atoms. The first-order valence-electron chi connectivity index (χ1n) is 5.35. The molecule has 15 heavy (non-hydrogen) atoms. The van der Waals surface area contributed by atoms with Gasteiger partial charge in [0.2, 0.25) is 0 Å². The summed E-state index contributed by atoms with van der Waals surface area (Å²) in [5.41, 5.74) is 7.71. The minimum atomic E-state index is 0.273. The average Bonchev–Trinajstić information content (AvgIpc) is 2.77. The number of hydrogen-bond donors (Lipinski definition) is 2. The molecule has 0 aromatic carbocycles. The smallest absolute Gasteiger partial charge is 0.0772 e. The molecule has 1 aromatic rings. The highest BCUT2D eigenvalue weighted by Crippen LogP contribution is 2.25. The predicted molar refractivity (Wildman–Crippen MR) is 59.5 cm³/mol. The molecule has 82 valence electrons. The molecule has 3 N–H and O–H groups in total. The Morgan fingerprint density at radius 3 is 3.13 bits per heavy atom. The van der Waals surface area contributed by atoms with Crippen molar-refractivity contribution in [2.75, 3.05) is 24.6 Å². The van der Waals surface area contributed by atoms with Crippen LogP contribution in [0.5, 0.6) is 0 Å². The van der Waals surface area contributed by atoms with Gasteiger partial charge in [0.05, 0.1) is 11.4 Å². The highest BCUT2D eigenvalue weighted by atomic mass is 16.3. The summed E-state index contributed by atoms with van der Waals surface area (Å²) in [5, 5.41) is 9.09. The number of pyridine rings is 1. The van der Waals surface area contributed by atoms with Gasteiger partial charge in [-0.25, -0.2) is 0 Å². The van der Waals surface area contributed by atoms with Crippen molar-refractivity contribution in [3.05, 3.63) is 24.0 Å². The van der Waals surface area contributed by atoms with Gasteiger partial charge in [0.15, 0.2) is 0 Å². The summed E-state index contributed by atoms with van der Waals surface area (Å²) in [7, 11) is 0. The van der Waals surface area contributed by atoms with Crippen molar-refractivity contribution in [1.82, 2.24) is 4.98 Å². The van der Waals surface area contributed by atoms with Gasteiger partial charge in [0, 0.05) is 38.4 Å². The molecular formula is C11H17N3O. The van der Waals surface area contributed by atoms with Gasteiger partial charge < -0.3 is 15.7 Å². The highest BCUT2D eigenvalue weighted by Gasteiger charge is 2.23. The SMILES string of the molecule is NCc1ncccc1N1CCC(CO)C1. The summed E-state index contributed by atoms with van der Waals surface area (Å²) >= 11 is 0. The zero-order chi connectivity index (χ0) is 10.7. The Bertz CT molecular complexity index is 329. The minimum Gasteiger partial charge on any atom is -0.396 e. The van der Waals surface area contributed by atoms with E-state index in [2.05, 4.69) is 16.0 Å². The molecule has 4 heteroatoms. The Labute approximate surface area is 89.7 Å². The standard InChI is InChI=1S/C11H17N3O/c12-6-10-11(2-1-4-13-10)14-5-3-9(7-14)8-15/h1-2,4,9,15H,3,5-8,12H2. The predicted octanol–water partition coefficient (Wildman–Crippen LogP) is 0.359. The second-order valence-corrected chi connectivity index (χ2v) is 3.96. The van der Waals surface area contributed by atoms with Gasteiger partial charge in [-0.05, 0) is 18.6 Å². The third kappa shape index (κ3) is 2.11. The van der Waals surface area contributed by atoms with Gasteiger partial charge in [-0.3, -0.25) is 4.98 Å². The first-order chi connectivity index (χ1) is 7.35. The van der Waals surface area contributed by atoms with Crippen LogP contribution in [0.25, 0.3) is 0 Å². The van der Waals surface area contributed by atoms with E-state index in [9.17, 15) is 0 Å². The quantitative estimate of drug-likeness (QED) is 0.751. The Morgan fingerprint density at radius 1 is 1.60 bits per heavy atom. The molecule has 1 aliphatic rings. The van der Waals surface area contributed by atoms with Crippen molar-refractivity contribution >= 4 is 5.69 Å². The molecular weight excluding hydrogens is 190 g/mol. The number of rotatable bonds is 3. The van der Waals surface area contributed by atoms with Crippen LogP contribution in [0.3, 0.4) is 0 Å². The van der Waals surface area contributed by atoms with Gasteiger partial charge >= 0.3 is 0 Å². The lowest BCUT2D eigenvalue weighted by atomic mass is 10.1. The summed E-state index contributed by atoms with van der Waals surface area (Å²) in [6.07, 6.45) is 2.82. The van der Waals surface area contributed by atoms with Crippen LogP contribution in [0.4, 0.5) is 5.69 Å². The van der Waals surface area contributed by atoms with Crippen LogP contribution in [-0.2, 0) is 6.54 Å². The Kier molecular flexibility index (Phi) is 3.18. The van der Waals surface area contributed by atoms with Crippen molar-refractivity contribution in [1.29, 1.82) is 0 Å². The molecule has 0 amide bonds. The fourth-order valence-corrected chi connectivity index (χ4v) is 2.08. The van der Waals surface area contributed by atoms with Gasteiger partial charge in [0.25, 0.3) is 0 Å². The lowest BCUT2D eigenvalue weighted by Gasteiger charge is -2.20. The number of nitrogens with two attached hydrogens (primary N) is 1. The monoisotopic (exact) mass is 207 g/mol. The average molecular weight is 207 g/mol. The molecule has 1 saturated heterocycles. The van der Waals surface area contributed by atoms with Gasteiger partial charge in [0.1, 0.15) is 0 Å². The van der Waals surface area contributed by atoms with E-state index in [0.29, 0.717) is 12.5 Å². The van der Waals surface area contributed by atoms with Gasteiger partial charge in [-0.2, -0.15) is 0 Å². The van der Waals surface area contributed by atoms with E-state index in [1.165, 1.54) is 0 Å². The molecule has 4 nitrogen and oxygen atoms in total. The number of aromatic nitrogens is 1. The van der Waals surface area contributed by atoms with Crippen LogP contribution in [0.2, 0.25) is 0 Å². The largest absolute Gasteiger partial charge is 0.396 e. The van der Waals surface area contributed by atoms with E-state index >= 15 is 0 Å². The van der Waals surface area contributed by atoms with E-state index in [1.54, 1.807) is 6.20 Å². The van der Waals surface area contributed by atoms with Crippen LogP contribution in [0.15, 0.2) is 18.3 Å². The third-order valence-corrected chi connectivity index (χ3v) is 2.94. The summed E-state index contributed by atoms with van der Waals surface area (Å²) in [6, 6.07) is 3.98. The van der Waals surface area contributed by atoms with Crippen molar-refractivity contribution in [2.24, 2.45) is 11.7 Å². The fraction of sp³-hybridized carbons (Fsp3) is 0.545. The maximum Gasteiger partial charge on any atom is 0.0772 e. The summed E-state index contributed by atoms with van der Waals surface area (Å²) < 4.78 is 0. The molecule has 1 unspecified atom stereocenters. The molecule has 2 heterocycles. The van der Waals surface area contributed by atoms with Crippen LogP contribution in [0.1, 0.15) is 12.1 Å². The molecule has 2 rings (SSSR count). The molecule has 0 saturated carbocycles. The molecule has 1 aliphatic heterocycles. The van der Waals surface area contributed by atoms with Crippen LogP contribution >= 0.6 is 0 Å². The molecule has 0 aliphatic carbocycles. The maximum atomic E-state index is 9.09. The van der Waals surface area contributed by atoms with E-state index in [0.717, 1.165) is 30.9 Å². The molecule has 1 fully saturated rings. The summed E-state index contributed by atoms with van der Waals surface area (Å²) in [5.74, 6) is 0.399. The number of nitrogens with zero attached hydrogens (tertiary/aromatic N) is 2. The van der Waals surface area contributed by atoms with Crippen LogP contribution in [-0.4, -0.2) is 29.8 Å². The Morgan fingerprint density at radius 2 is 2.47 bits per heavy atom. The Hall–Kier alpha value is -1.13. The maximum absolute atomic E-state index is 9.09. The minimum absolute atomic E-state index is 0.273. The van der Waals surface area contributed by atoms with Crippen molar-refractivity contribution in [3.8, 4) is 0 Å². The van der Waals surface area contributed by atoms with E-state index in [1.807, 2.05) is 6.07 Å². The number of anilines is 1. The fourth-order valence-electron chi connectivity index (χ4n) is 2.08. The second-order valence-electron chi connectivity index (χ2n) is 3.96. The Balaban J connectivity index is 2.16. The summed E-state index contributed by atoms with van der Waals surface area (Å²) in [6.45, 7) is 2.64. The zero-order valence-corrected chi connectivity index (χ0v) is 8.76. The topological polar surface area (TPSA) is 62.4 Å². The first kappa shape index (κ1) is 10.4. The second kappa shape index (κ2) is 4.59. The van der Waals surface area contributed by atoms with E-state index < -0.39 is 0 Å². The first-order valence-corrected chi connectivity index (χ1v) is 5.35.